The zero-order valence-corrected chi connectivity index (χ0v) is 12.9. The van der Waals surface area contributed by atoms with Gasteiger partial charge in [-0.05, 0) is 49.1 Å². The Morgan fingerprint density at radius 1 is 1.09 bits per heavy atom. The highest BCUT2D eigenvalue weighted by Gasteiger charge is 2.32. The van der Waals surface area contributed by atoms with Crippen molar-refractivity contribution in [2.75, 3.05) is 6.54 Å². The molecule has 1 amide bonds. The van der Waals surface area contributed by atoms with Crippen LogP contribution in [0.5, 0.6) is 0 Å². The van der Waals surface area contributed by atoms with Gasteiger partial charge in [-0.2, -0.15) is 0 Å². The van der Waals surface area contributed by atoms with Crippen LogP contribution in [-0.2, 0) is 11.3 Å². The molecule has 0 spiro atoms. The molecule has 23 heavy (non-hydrogen) atoms. The van der Waals surface area contributed by atoms with Crippen molar-refractivity contribution in [1.29, 1.82) is 0 Å². The average molecular weight is 312 g/mol. The van der Waals surface area contributed by atoms with E-state index in [1.165, 1.54) is 4.90 Å². The minimum atomic E-state index is -0.915. The van der Waals surface area contributed by atoms with E-state index in [1.807, 2.05) is 36.7 Å². The molecular formula is C18H20N2O3. The lowest BCUT2D eigenvalue weighted by Gasteiger charge is -2.33. The number of hydrogen-bond donors (Lipinski definition) is 1. The molecular weight excluding hydrogens is 292 g/mol. The molecule has 1 aromatic carbocycles. The Kier molecular flexibility index (Phi) is 4.46. The van der Waals surface area contributed by atoms with E-state index in [-0.39, 0.29) is 5.91 Å². The topological polar surface area (TPSA) is 62.5 Å². The van der Waals surface area contributed by atoms with Crippen LogP contribution in [0.25, 0.3) is 0 Å². The third kappa shape index (κ3) is 3.44. The monoisotopic (exact) mass is 312 g/mol. The molecule has 1 aromatic heterocycles. The molecule has 1 aliphatic heterocycles. The summed E-state index contributed by atoms with van der Waals surface area (Å²) in [5.74, 6) is -1.10. The van der Waals surface area contributed by atoms with Crippen LogP contribution in [0.3, 0.4) is 0 Å². The summed E-state index contributed by atoms with van der Waals surface area (Å²) in [6, 6.07) is 10.7. The van der Waals surface area contributed by atoms with Crippen molar-refractivity contribution >= 4 is 11.9 Å². The Morgan fingerprint density at radius 3 is 2.43 bits per heavy atom. The molecule has 0 aliphatic carbocycles. The van der Waals surface area contributed by atoms with Crippen molar-refractivity contribution in [2.45, 2.75) is 31.8 Å². The van der Waals surface area contributed by atoms with E-state index in [1.54, 1.807) is 12.1 Å². The summed E-state index contributed by atoms with van der Waals surface area (Å²) >= 11 is 0. The summed E-state index contributed by atoms with van der Waals surface area (Å²) < 4.78 is 2.06. The molecule has 0 saturated carbocycles. The molecule has 5 nitrogen and oxygen atoms in total. The predicted octanol–water partition coefficient (Wildman–Crippen LogP) is 2.62. The van der Waals surface area contributed by atoms with Crippen LogP contribution in [0.1, 0.15) is 35.2 Å². The Bertz CT molecular complexity index is 677. The number of aromatic nitrogens is 1. The van der Waals surface area contributed by atoms with Crippen molar-refractivity contribution in [3.63, 3.8) is 0 Å². The normalized spacial score (nSPS) is 17.9. The quantitative estimate of drug-likeness (QED) is 0.944. The number of carbonyl (C=O) groups excluding carboxylic acids is 1. The second-order valence-corrected chi connectivity index (χ2v) is 5.90. The Balaban J connectivity index is 1.73. The maximum absolute atomic E-state index is 12.6. The van der Waals surface area contributed by atoms with Crippen molar-refractivity contribution < 1.29 is 14.7 Å². The first-order chi connectivity index (χ1) is 11.1. The molecule has 1 saturated heterocycles. The van der Waals surface area contributed by atoms with Gasteiger partial charge in [0.1, 0.15) is 6.04 Å². The molecule has 3 rings (SSSR count). The number of amides is 1. The van der Waals surface area contributed by atoms with Crippen molar-refractivity contribution in [1.82, 2.24) is 9.47 Å². The minimum Gasteiger partial charge on any atom is -0.480 e. The third-order valence-corrected chi connectivity index (χ3v) is 4.28. The van der Waals surface area contributed by atoms with E-state index in [0.29, 0.717) is 18.5 Å². The lowest BCUT2D eigenvalue weighted by atomic mass is 10.0. The van der Waals surface area contributed by atoms with E-state index in [4.69, 9.17) is 0 Å². The van der Waals surface area contributed by atoms with Gasteiger partial charge in [-0.3, -0.25) is 4.79 Å². The van der Waals surface area contributed by atoms with Gasteiger partial charge in [0.2, 0.25) is 0 Å². The molecule has 1 atom stereocenters. The molecule has 1 N–H and O–H groups in total. The van der Waals surface area contributed by atoms with Crippen molar-refractivity contribution in [3.05, 3.63) is 59.9 Å². The fourth-order valence-electron chi connectivity index (χ4n) is 3.04. The lowest BCUT2D eigenvalue weighted by molar-refractivity contribution is -0.143. The highest BCUT2D eigenvalue weighted by Crippen LogP contribution is 2.20. The molecule has 120 valence electrons. The smallest absolute Gasteiger partial charge is 0.326 e. The van der Waals surface area contributed by atoms with Gasteiger partial charge in [-0.15, -0.1) is 0 Å². The number of hydrogen-bond acceptors (Lipinski definition) is 2. The number of nitrogens with zero attached hydrogens (tertiary/aromatic N) is 2. The summed E-state index contributed by atoms with van der Waals surface area (Å²) in [4.78, 5) is 25.4. The Labute approximate surface area is 135 Å². The number of likely N-dealkylation sites (tertiary alicyclic amines) is 1. The summed E-state index contributed by atoms with van der Waals surface area (Å²) in [5.41, 5.74) is 1.65. The minimum absolute atomic E-state index is 0.190. The van der Waals surface area contributed by atoms with Crippen LogP contribution in [0.4, 0.5) is 0 Å². The summed E-state index contributed by atoms with van der Waals surface area (Å²) in [6.07, 6.45) is 6.24. The van der Waals surface area contributed by atoms with Crippen LogP contribution in [0, 0.1) is 0 Å². The van der Waals surface area contributed by atoms with Crippen LogP contribution in [-0.4, -0.2) is 39.0 Å². The van der Waals surface area contributed by atoms with E-state index in [0.717, 1.165) is 24.9 Å². The van der Waals surface area contributed by atoms with Gasteiger partial charge < -0.3 is 14.6 Å². The van der Waals surface area contributed by atoms with Crippen LogP contribution < -0.4 is 0 Å². The predicted molar refractivity (Wildman–Crippen MR) is 86.3 cm³/mol. The molecule has 0 radical (unpaired) electrons. The van der Waals surface area contributed by atoms with Gasteiger partial charge in [0.15, 0.2) is 0 Å². The van der Waals surface area contributed by atoms with Gasteiger partial charge >= 0.3 is 5.97 Å². The van der Waals surface area contributed by atoms with Gasteiger partial charge in [0, 0.05) is 31.0 Å². The summed E-state index contributed by atoms with van der Waals surface area (Å²) in [6.45, 7) is 1.27. The Morgan fingerprint density at radius 2 is 1.78 bits per heavy atom. The van der Waals surface area contributed by atoms with E-state index < -0.39 is 12.0 Å². The SMILES string of the molecule is O=C(O)[C@H]1CCCCN1C(=O)c1ccc(Cn2cccc2)cc1. The molecule has 0 bridgehead atoms. The second-order valence-electron chi connectivity index (χ2n) is 5.90. The van der Waals surface area contributed by atoms with Crippen molar-refractivity contribution in [2.24, 2.45) is 0 Å². The highest BCUT2D eigenvalue weighted by molar-refractivity contribution is 5.96. The van der Waals surface area contributed by atoms with E-state index >= 15 is 0 Å². The molecule has 5 heteroatoms. The third-order valence-electron chi connectivity index (χ3n) is 4.28. The van der Waals surface area contributed by atoms with Gasteiger partial charge in [-0.1, -0.05) is 12.1 Å². The molecule has 1 aliphatic rings. The van der Waals surface area contributed by atoms with Crippen LogP contribution in [0.2, 0.25) is 0 Å². The first kappa shape index (κ1) is 15.3. The van der Waals surface area contributed by atoms with Crippen molar-refractivity contribution in [3.8, 4) is 0 Å². The number of carbonyl (C=O) groups is 2. The maximum atomic E-state index is 12.6. The van der Waals surface area contributed by atoms with Crippen LogP contribution in [0.15, 0.2) is 48.8 Å². The van der Waals surface area contributed by atoms with E-state index in [9.17, 15) is 14.7 Å². The van der Waals surface area contributed by atoms with Gasteiger partial charge in [0.05, 0.1) is 0 Å². The van der Waals surface area contributed by atoms with E-state index in [2.05, 4.69) is 4.57 Å². The zero-order chi connectivity index (χ0) is 16.2. The Hall–Kier alpha value is -2.56. The molecule has 0 unspecified atom stereocenters. The molecule has 2 aromatic rings. The lowest BCUT2D eigenvalue weighted by Crippen LogP contribution is -2.47. The second kappa shape index (κ2) is 6.69. The fourth-order valence-corrected chi connectivity index (χ4v) is 3.04. The number of aliphatic carboxylic acids is 1. The number of rotatable bonds is 4. The molecule has 1 fully saturated rings. The standard InChI is InChI=1S/C18H20N2O3/c21-17(20-12-2-1-5-16(20)18(22)23)15-8-6-14(7-9-15)13-19-10-3-4-11-19/h3-4,6-11,16H,1-2,5,12-13H2,(H,22,23)/t16-/m1/s1. The first-order valence-corrected chi connectivity index (χ1v) is 7.88. The maximum Gasteiger partial charge on any atom is 0.326 e. The van der Waals surface area contributed by atoms with Crippen LogP contribution >= 0.6 is 0 Å². The summed E-state index contributed by atoms with van der Waals surface area (Å²) in [7, 11) is 0. The highest BCUT2D eigenvalue weighted by atomic mass is 16.4. The van der Waals surface area contributed by atoms with Gasteiger partial charge in [-0.25, -0.2) is 4.79 Å². The zero-order valence-electron chi connectivity index (χ0n) is 12.9. The number of benzene rings is 1. The van der Waals surface area contributed by atoms with Gasteiger partial charge in [0.25, 0.3) is 5.91 Å². The number of carboxylic acids is 1. The first-order valence-electron chi connectivity index (χ1n) is 7.88. The fraction of sp³-hybridized carbons (Fsp3) is 0.333. The summed E-state index contributed by atoms with van der Waals surface area (Å²) in [5, 5.41) is 9.30. The largest absolute Gasteiger partial charge is 0.480 e. The number of carboxylic acid groups (broad SMARTS) is 1. The average Bonchev–Trinajstić information content (AvgIpc) is 3.08. The molecule has 2 heterocycles. The number of piperidine rings is 1.